The van der Waals surface area contributed by atoms with Gasteiger partial charge in [-0.25, -0.2) is 0 Å². The maximum atomic E-state index is 12.9. The van der Waals surface area contributed by atoms with Gasteiger partial charge in [-0.1, -0.05) is 25.4 Å². The fourth-order valence-corrected chi connectivity index (χ4v) is 2.80. The second kappa shape index (κ2) is 10.8. The third-order valence-corrected chi connectivity index (χ3v) is 4.42. The summed E-state index contributed by atoms with van der Waals surface area (Å²) in [5.41, 5.74) is -0.382. The van der Waals surface area contributed by atoms with Crippen molar-refractivity contribution in [1.29, 1.82) is 0 Å². The van der Waals surface area contributed by atoms with E-state index in [4.69, 9.17) is 11.6 Å². The Bertz CT molecular complexity index is 782. The van der Waals surface area contributed by atoms with Gasteiger partial charge in [0, 0.05) is 24.2 Å². The lowest BCUT2D eigenvalue weighted by molar-refractivity contribution is -0.384. The van der Waals surface area contributed by atoms with Crippen LogP contribution >= 0.6 is 11.6 Å². The Kier molecular flexibility index (Phi) is 9.03. The van der Waals surface area contributed by atoms with Crippen molar-refractivity contribution in [1.82, 2.24) is 15.5 Å². The number of carbonyl (C=O) groups is 3. The van der Waals surface area contributed by atoms with Gasteiger partial charge in [-0.05, 0) is 38.8 Å². The van der Waals surface area contributed by atoms with Crippen LogP contribution in [0, 0.1) is 16.0 Å². The molecule has 3 amide bonds. The molecule has 29 heavy (non-hydrogen) atoms. The van der Waals surface area contributed by atoms with Gasteiger partial charge < -0.3 is 15.5 Å². The van der Waals surface area contributed by atoms with Crippen molar-refractivity contribution in [2.24, 2.45) is 5.92 Å². The smallest absolute Gasteiger partial charge is 0.288 e. The van der Waals surface area contributed by atoms with Crippen LogP contribution in [0.25, 0.3) is 0 Å². The van der Waals surface area contributed by atoms with Gasteiger partial charge in [0.15, 0.2) is 0 Å². The van der Waals surface area contributed by atoms with E-state index in [9.17, 15) is 24.5 Å². The molecular formula is C19H27ClN4O5. The minimum atomic E-state index is -0.899. The molecule has 1 atom stereocenters. The normalized spacial score (nSPS) is 11.9. The standard InChI is InChI=1S/C19H27ClN4O5/c1-6-23(10-16(25)21-12(4)5)19(27)17(11(2)3)22-18(26)13-7-8-14(20)15(9-13)24(28)29/h7-9,11-12,17H,6,10H2,1-5H3,(H,21,25)(H,22,26). The van der Waals surface area contributed by atoms with Gasteiger partial charge in [-0.15, -0.1) is 0 Å². The molecule has 0 aliphatic carbocycles. The second-order valence-electron chi connectivity index (χ2n) is 7.19. The minimum Gasteiger partial charge on any atom is -0.352 e. The zero-order valence-corrected chi connectivity index (χ0v) is 17.9. The largest absolute Gasteiger partial charge is 0.352 e. The Labute approximate surface area is 174 Å². The number of benzene rings is 1. The fourth-order valence-electron chi connectivity index (χ4n) is 2.62. The van der Waals surface area contributed by atoms with E-state index >= 15 is 0 Å². The monoisotopic (exact) mass is 426 g/mol. The number of nitrogens with one attached hydrogen (secondary N) is 2. The fraction of sp³-hybridized carbons (Fsp3) is 0.526. The first-order chi connectivity index (χ1) is 13.5. The number of hydrogen-bond donors (Lipinski definition) is 2. The molecule has 2 N–H and O–H groups in total. The van der Waals surface area contributed by atoms with Crippen molar-refractivity contribution < 1.29 is 19.3 Å². The van der Waals surface area contributed by atoms with Crippen LogP contribution in [0.3, 0.4) is 0 Å². The molecule has 0 spiro atoms. The third-order valence-electron chi connectivity index (χ3n) is 4.10. The average Bonchev–Trinajstić information content (AvgIpc) is 2.62. The SMILES string of the molecule is CCN(CC(=O)NC(C)C)C(=O)C(NC(=O)c1ccc(Cl)c([N+](=O)[O-])c1)C(C)C. The molecule has 0 aliphatic rings. The maximum Gasteiger partial charge on any atom is 0.288 e. The molecule has 0 aromatic heterocycles. The number of likely N-dealkylation sites (N-methyl/N-ethyl adjacent to an activating group) is 1. The Hall–Kier alpha value is -2.68. The lowest BCUT2D eigenvalue weighted by atomic mass is 10.0. The number of nitrogens with zero attached hydrogens (tertiary/aromatic N) is 2. The van der Waals surface area contributed by atoms with Crippen molar-refractivity contribution >= 4 is 35.0 Å². The van der Waals surface area contributed by atoms with Crippen LogP contribution in [0.4, 0.5) is 5.69 Å². The number of nitro benzene ring substituents is 1. The van der Waals surface area contributed by atoms with Crippen molar-refractivity contribution in [3.8, 4) is 0 Å². The molecule has 0 radical (unpaired) electrons. The highest BCUT2D eigenvalue weighted by Crippen LogP contribution is 2.25. The lowest BCUT2D eigenvalue weighted by Gasteiger charge is -2.29. The minimum absolute atomic E-state index is 0.0140. The highest BCUT2D eigenvalue weighted by Gasteiger charge is 2.30. The molecule has 1 aromatic rings. The van der Waals surface area contributed by atoms with Crippen LogP contribution in [-0.2, 0) is 9.59 Å². The van der Waals surface area contributed by atoms with Gasteiger partial charge in [0.25, 0.3) is 11.6 Å². The summed E-state index contributed by atoms with van der Waals surface area (Å²) in [6.45, 7) is 9.05. The molecule has 0 saturated heterocycles. The Morgan fingerprint density at radius 1 is 1.17 bits per heavy atom. The van der Waals surface area contributed by atoms with E-state index in [0.717, 1.165) is 6.07 Å². The van der Waals surface area contributed by atoms with Gasteiger partial charge in [-0.2, -0.15) is 0 Å². The number of hydrogen-bond acceptors (Lipinski definition) is 5. The number of amides is 3. The molecule has 1 rings (SSSR count). The quantitative estimate of drug-likeness (QED) is 0.463. The van der Waals surface area contributed by atoms with Crippen molar-refractivity contribution in [2.75, 3.05) is 13.1 Å². The van der Waals surface area contributed by atoms with Gasteiger partial charge in [0.05, 0.1) is 11.5 Å². The van der Waals surface area contributed by atoms with Crippen molar-refractivity contribution in [3.63, 3.8) is 0 Å². The van der Waals surface area contributed by atoms with E-state index < -0.39 is 28.5 Å². The molecule has 9 nitrogen and oxygen atoms in total. The molecule has 0 fully saturated rings. The van der Waals surface area contributed by atoms with Gasteiger partial charge in [0.1, 0.15) is 11.1 Å². The van der Waals surface area contributed by atoms with Crippen molar-refractivity contribution in [2.45, 2.75) is 46.7 Å². The van der Waals surface area contributed by atoms with Crippen molar-refractivity contribution in [3.05, 3.63) is 38.9 Å². The van der Waals surface area contributed by atoms with E-state index in [2.05, 4.69) is 10.6 Å². The molecule has 1 unspecified atom stereocenters. The molecule has 10 heteroatoms. The van der Waals surface area contributed by atoms with Crippen LogP contribution in [0.15, 0.2) is 18.2 Å². The van der Waals surface area contributed by atoms with Gasteiger partial charge >= 0.3 is 0 Å². The van der Waals surface area contributed by atoms with E-state index in [-0.39, 0.29) is 41.5 Å². The summed E-state index contributed by atoms with van der Waals surface area (Å²) in [7, 11) is 0. The summed E-state index contributed by atoms with van der Waals surface area (Å²) in [4.78, 5) is 49.3. The topological polar surface area (TPSA) is 122 Å². The predicted octanol–water partition coefficient (Wildman–Crippen LogP) is 2.38. The predicted molar refractivity (Wildman–Crippen MR) is 110 cm³/mol. The molecule has 0 bridgehead atoms. The first kappa shape index (κ1) is 24.4. The van der Waals surface area contributed by atoms with E-state index in [1.165, 1.54) is 17.0 Å². The van der Waals surface area contributed by atoms with Crippen LogP contribution in [-0.4, -0.2) is 52.7 Å². The van der Waals surface area contributed by atoms with E-state index in [0.29, 0.717) is 0 Å². The third kappa shape index (κ3) is 7.01. The Morgan fingerprint density at radius 2 is 1.79 bits per heavy atom. The summed E-state index contributed by atoms with van der Waals surface area (Å²) < 4.78 is 0. The van der Waals surface area contributed by atoms with Crippen LogP contribution in [0.5, 0.6) is 0 Å². The van der Waals surface area contributed by atoms with Crippen LogP contribution in [0.1, 0.15) is 45.0 Å². The Morgan fingerprint density at radius 3 is 2.28 bits per heavy atom. The summed E-state index contributed by atoms with van der Waals surface area (Å²) in [6, 6.07) is 2.71. The number of rotatable bonds is 9. The number of halogens is 1. The maximum absolute atomic E-state index is 12.9. The number of carbonyl (C=O) groups excluding carboxylic acids is 3. The summed E-state index contributed by atoms with van der Waals surface area (Å²) in [5.74, 6) is -1.61. The molecule has 1 aromatic carbocycles. The van der Waals surface area contributed by atoms with E-state index in [1.807, 2.05) is 13.8 Å². The highest BCUT2D eigenvalue weighted by atomic mass is 35.5. The summed E-state index contributed by atoms with van der Waals surface area (Å²) >= 11 is 5.78. The molecule has 0 heterocycles. The molecule has 0 aliphatic heterocycles. The zero-order valence-electron chi connectivity index (χ0n) is 17.2. The Balaban J connectivity index is 3.00. The van der Waals surface area contributed by atoms with E-state index in [1.54, 1.807) is 20.8 Å². The molecular weight excluding hydrogens is 400 g/mol. The molecule has 160 valence electrons. The second-order valence-corrected chi connectivity index (χ2v) is 7.60. The first-order valence-electron chi connectivity index (χ1n) is 9.30. The number of nitro groups is 1. The highest BCUT2D eigenvalue weighted by molar-refractivity contribution is 6.32. The lowest BCUT2D eigenvalue weighted by Crippen LogP contribution is -2.53. The molecule has 0 saturated carbocycles. The van der Waals surface area contributed by atoms with Gasteiger partial charge in [0.2, 0.25) is 11.8 Å². The van der Waals surface area contributed by atoms with Crippen LogP contribution in [0.2, 0.25) is 5.02 Å². The zero-order chi connectivity index (χ0) is 22.3. The van der Waals surface area contributed by atoms with Gasteiger partial charge in [-0.3, -0.25) is 24.5 Å². The summed E-state index contributed by atoms with van der Waals surface area (Å²) in [6.07, 6.45) is 0. The average molecular weight is 427 g/mol. The van der Waals surface area contributed by atoms with Crippen LogP contribution < -0.4 is 10.6 Å². The first-order valence-corrected chi connectivity index (χ1v) is 9.68. The summed E-state index contributed by atoms with van der Waals surface area (Å²) in [5, 5.41) is 16.3.